The SMILES string of the molecule is CCCNC(CCC(C)C)CSc1ccc(Br)cc1. The molecule has 0 fully saturated rings. The zero-order valence-corrected chi connectivity index (χ0v) is 14.7. The van der Waals surface area contributed by atoms with Crippen molar-refractivity contribution in [3.8, 4) is 0 Å². The van der Waals surface area contributed by atoms with Crippen molar-refractivity contribution in [2.45, 2.75) is 51.0 Å². The number of nitrogens with one attached hydrogen (secondary N) is 1. The first-order chi connectivity index (χ1) is 9.11. The van der Waals surface area contributed by atoms with Gasteiger partial charge in [0.05, 0.1) is 0 Å². The molecule has 108 valence electrons. The molecule has 1 aromatic rings. The van der Waals surface area contributed by atoms with Crippen molar-refractivity contribution in [2.24, 2.45) is 5.92 Å². The molecule has 1 rings (SSSR count). The summed E-state index contributed by atoms with van der Waals surface area (Å²) in [5.74, 6) is 1.96. The summed E-state index contributed by atoms with van der Waals surface area (Å²) in [5, 5.41) is 3.68. The van der Waals surface area contributed by atoms with Crippen LogP contribution in [-0.2, 0) is 0 Å². The van der Waals surface area contributed by atoms with Crippen LogP contribution in [0.4, 0.5) is 0 Å². The van der Waals surface area contributed by atoms with Gasteiger partial charge in [-0.3, -0.25) is 0 Å². The summed E-state index contributed by atoms with van der Waals surface area (Å²) in [6.45, 7) is 7.97. The first-order valence-electron chi connectivity index (χ1n) is 7.23. The maximum Gasteiger partial charge on any atom is 0.0176 e. The second-order valence-corrected chi connectivity index (χ2v) is 7.40. The molecule has 0 spiro atoms. The van der Waals surface area contributed by atoms with Crippen molar-refractivity contribution in [3.63, 3.8) is 0 Å². The molecule has 19 heavy (non-hydrogen) atoms. The minimum absolute atomic E-state index is 0.635. The van der Waals surface area contributed by atoms with Gasteiger partial charge in [-0.25, -0.2) is 0 Å². The average molecular weight is 344 g/mol. The molecular formula is C16H26BrNS. The summed E-state index contributed by atoms with van der Waals surface area (Å²) in [7, 11) is 0. The molecule has 1 atom stereocenters. The molecule has 0 heterocycles. The van der Waals surface area contributed by atoms with Crippen molar-refractivity contribution in [1.82, 2.24) is 5.32 Å². The highest BCUT2D eigenvalue weighted by Gasteiger charge is 2.09. The Hall–Kier alpha value is 0.01000. The van der Waals surface area contributed by atoms with E-state index in [1.165, 1.54) is 24.2 Å². The molecule has 0 bridgehead atoms. The Morgan fingerprint density at radius 3 is 2.42 bits per heavy atom. The number of hydrogen-bond donors (Lipinski definition) is 1. The van der Waals surface area contributed by atoms with E-state index in [4.69, 9.17) is 0 Å². The molecule has 1 N–H and O–H groups in total. The van der Waals surface area contributed by atoms with Crippen molar-refractivity contribution < 1.29 is 0 Å². The summed E-state index contributed by atoms with van der Waals surface area (Å²) in [5.41, 5.74) is 0. The smallest absolute Gasteiger partial charge is 0.0176 e. The standard InChI is InChI=1S/C16H26BrNS/c1-4-11-18-15(8-5-13(2)3)12-19-16-9-6-14(17)7-10-16/h6-7,9-10,13,15,18H,4-5,8,11-12H2,1-3H3. The van der Waals surface area contributed by atoms with E-state index in [0.717, 1.165) is 22.7 Å². The van der Waals surface area contributed by atoms with Gasteiger partial charge in [0.1, 0.15) is 0 Å². The van der Waals surface area contributed by atoms with Gasteiger partial charge in [0.25, 0.3) is 0 Å². The minimum Gasteiger partial charge on any atom is -0.313 e. The molecule has 0 aliphatic heterocycles. The molecule has 0 radical (unpaired) electrons. The molecular weight excluding hydrogens is 318 g/mol. The highest BCUT2D eigenvalue weighted by Crippen LogP contribution is 2.22. The molecule has 0 amide bonds. The molecule has 0 aliphatic rings. The molecule has 0 saturated carbocycles. The first kappa shape index (κ1) is 17.1. The fraction of sp³-hybridized carbons (Fsp3) is 0.625. The third-order valence-electron chi connectivity index (χ3n) is 3.04. The topological polar surface area (TPSA) is 12.0 Å². The lowest BCUT2D eigenvalue weighted by molar-refractivity contribution is 0.456. The van der Waals surface area contributed by atoms with E-state index in [0.29, 0.717) is 6.04 Å². The molecule has 0 saturated heterocycles. The van der Waals surface area contributed by atoms with Crippen LogP contribution in [0.25, 0.3) is 0 Å². The van der Waals surface area contributed by atoms with Crippen molar-refractivity contribution in [2.75, 3.05) is 12.3 Å². The van der Waals surface area contributed by atoms with Gasteiger partial charge in [-0.15, -0.1) is 11.8 Å². The molecule has 1 unspecified atom stereocenters. The predicted octanol–water partition coefficient (Wildman–Crippen LogP) is 5.35. The Kier molecular flexibility index (Phi) is 8.84. The van der Waals surface area contributed by atoms with Gasteiger partial charge in [0, 0.05) is 21.2 Å². The number of hydrogen-bond acceptors (Lipinski definition) is 2. The van der Waals surface area contributed by atoms with Crippen LogP contribution in [0.15, 0.2) is 33.6 Å². The lowest BCUT2D eigenvalue weighted by atomic mass is 10.0. The quantitative estimate of drug-likeness (QED) is 0.607. The summed E-state index contributed by atoms with van der Waals surface area (Å²) in [6.07, 6.45) is 3.80. The van der Waals surface area contributed by atoms with E-state index in [-0.39, 0.29) is 0 Å². The minimum atomic E-state index is 0.635. The van der Waals surface area contributed by atoms with E-state index in [1.54, 1.807) is 0 Å². The van der Waals surface area contributed by atoms with Gasteiger partial charge >= 0.3 is 0 Å². The second kappa shape index (κ2) is 9.84. The normalized spacial score (nSPS) is 12.9. The van der Waals surface area contributed by atoms with Gasteiger partial charge in [-0.05, 0) is 56.0 Å². The molecule has 0 aliphatic carbocycles. The third kappa shape index (κ3) is 8.01. The second-order valence-electron chi connectivity index (χ2n) is 5.39. The van der Waals surface area contributed by atoms with E-state index in [2.05, 4.69) is 66.3 Å². The van der Waals surface area contributed by atoms with Crippen LogP contribution >= 0.6 is 27.7 Å². The predicted molar refractivity (Wildman–Crippen MR) is 91.0 cm³/mol. The lowest BCUT2D eigenvalue weighted by Crippen LogP contribution is -2.32. The monoisotopic (exact) mass is 343 g/mol. The highest BCUT2D eigenvalue weighted by atomic mass is 79.9. The van der Waals surface area contributed by atoms with Crippen LogP contribution in [0.1, 0.15) is 40.0 Å². The largest absolute Gasteiger partial charge is 0.313 e. The fourth-order valence-corrected chi connectivity index (χ4v) is 3.13. The van der Waals surface area contributed by atoms with E-state index < -0.39 is 0 Å². The lowest BCUT2D eigenvalue weighted by Gasteiger charge is -2.19. The fourth-order valence-electron chi connectivity index (χ4n) is 1.85. The number of thioether (sulfide) groups is 1. The summed E-state index contributed by atoms with van der Waals surface area (Å²) < 4.78 is 1.15. The van der Waals surface area contributed by atoms with Crippen LogP contribution in [0, 0.1) is 5.92 Å². The van der Waals surface area contributed by atoms with E-state index in [9.17, 15) is 0 Å². The van der Waals surface area contributed by atoms with Crippen LogP contribution < -0.4 is 5.32 Å². The maximum atomic E-state index is 3.68. The highest BCUT2D eigenvalue weighted by molar-refractivity contribution is 9.10. The zero-order valence-electron chi connectivity index (χ0n) is 12.3. The van der Waals surface area contributed by atoms with Crippen molar-refractivity contribution in [3.05, 3.63) is 28.7 Å². The van der Waals surface area contributed by atoms with E-state index >= 15 is 0 Å². The number of halogens is 1. The van der Waals surface area contributed by atoms with Gasteiger partial charge in [-0.1, -0.05) is 36.7 Å². The van der Waals surface area contributed by atoms with Gasteiger partial charge in [-0.2, -0.15) is 0 Å². The van der Waals surface area contributed by atoms with Gasteiger partial charge < -0.3 is 5.32 Å². The molecule has 1 aromatic carbocycles. The Morgan fingerprint density at radius 2 is 1.84 bits per heavy atom. The van der Waals surface area contributed by atoms with Crippen LogP contribution in [0.5, 0.6) is 0 Å². The Bertz CT molecular complexity index is 337. The van der Waals surface area contributed by atoms with Crippen molar-refractivity contribution >= 4 is 27.7 Å². The summed E-state index contributed by atoms with van der Waals surface area (Å²) in [4.78, 5) is 1.36. The Labute approximate surface area is 131 Å². The van der Waals surface area contributed by atoms with Crippen molar-refractivity contribution in [1.29, 1.82) is 0 Å². The third-order valence-corrected chi connectivity index (χ3v) is 4.74. The number of benzene rings is 1. The zero-order chi connectivity index (χ0) is 14.1. The molecule has 1 nitrogen and oxygen atoms in total. The maximum absolute atomic E-state index is 3.68. The molecule has 0 aromatic heterocycles. The van der Waals surface area contributed by atoms with Crippen LogP contribution in [0.2, 0.25) is 0 Å². The summed E-state index contributed by atoms with van der Waals surface area (Å²) >= 11 is 5.43. The van der Waals surface area contributed by atoms with Gasteiger partial charge in [0.2, 0.25) is 0 Å². The average Bonchev–Trinajstić information content (AvgIpc) is 2.39. The first-order valence-corrected chi connectivity index (χ1v) is 9.01. The molecule has 3 heteroatoms. The van der Waals surface area contributed by atoms with E-state index in [1.807, 2.05) is 11.8 Å². The summed E-state index contributed by atoms with van der Waals surface area (Å²) in [6, 6.07) is 9.24. The van der Waals surface area contributed by atoms with Crippen LogP contribution in [-0.4, -0.2) is 18.3 Å². The Morgan fingerprint density at radius 1 is 1.16 bits per heavy atom. The Balaban J connectivity index is 2.39. The van der Waals surface area contributed by atoms with Gasteiger partial charge in [0.15, 0.2) is 0 Å². The number of rotatable bonds is 9. The van der Waals surface area contributed by atoms with Crippen LogP contribution in [0.3, 0.4) is 0 Å².